The Morgan fingerprint density at radius 3 is 2.73 bits per heavy atom. The van der Waals surface area contributed by atoms with Crippen molar-refractivity contribution in [1.82, 2.24) is 19.9 Å². The number of likely N-dealkylation sites (tertiary alicyclic amines) is 1. The van der Waals surface area contributed by atoms with Crippen molar-refractivity contribution in [2.45, 2.75) is 32.2 Å². The smallest absolute Gasteiger partial charge is 0.314 e. The lowest BCUT2D eigenvalue weighted by Crippen LogP contribution is -2.47. The molecule has 2 aromatic heterocycles. The maximum Gasteiger partial charge on any atom is 0.314 e. The van der Waals surface area contributed by atoms with Gasteiger partial charge in [-0.05, 0) is 67.3 Å². The normalized spacial score (nSPS) is 14.6. The predicted octanol–water partition coefficient (Wildman–Crippen LogP) is 6.07. The summed E-state index contributed by atoms with van der Waals surface area (Å²) in [6.45, 7) is 3.07. The molecule has 0 radical (unpaired) electrons. The molecule has 0 unspecified atom stereocenters. The molecule has 1 aliphatic rings. The molecular weight excluding hydrogens is 573 g/mol. The third kappa shape index (κ3) is 6.82. The monoisotopic (exact) mass is 605 g/mol. The van der Waals surface area contributed by atoms with Crippen LogP contribution in [0.3, 0.4) is 0 Å². The van der Waals surface area contributed by atoms with Crippen LogP contribution in [0.2, 0.25) is 0 Å². The molecule has 45 heavy (non-hydrogen) atoms. The third-order valence-corrected chi connectivity index (χ3v) is 7.70. The molecule has 1 saturated heterocycles. The number of nitrogens with two attached hydrogens (primary N) is 1. The number of hydrogen-bond acceptors (Lipinski definition) is 7. The number of rotatable bonds is 8. The Labute approximate surface area is 259 Å². The molecule has 0 aliphatic carbocycles. The largest absolute Gasteiger partial charge is 0.437 e. The average molecular weight is 606 g/mol. The van der Waals surface area contributed by atoms with Crippen molar-refractivity contribution in [1.29, 1.82) is 0 Å². The zero-order valence-corrected chi connectivity index (χ0v) is 24.7. The molecule has 1 fully saturated rings. The minimum atomic E-state index is -0.435. The van der Waals surface area contributed by atoms with Gasteiger partial charge in [-0.25, -0.2) is 24.1 Å². The fourth-order valence-corrected chi connectivity index (χ4v) is 5.53. The zero-order chi connectivity index (χ0) is 31.3. The van der Waals surface area contributed by atoms with E-state index in [1.165, 1.54) is 12.1 Å². The molecule has 3 amide bonds. The van der Waals surface area contributed by atoms with E-state index in [1.807, 2.05) is 49.4 Å². The number of carbonyl (C=O) groups excluding carboxylic acids is 2. The average Bonchev–Trinajstić information content (AvgIpc) is 3.03. The molecule has 228 valence electrons. The van der Waals surface area contributed by atoms with Gasteiger partial charge < -0.3 is 26.0 Å². The van der Waals surface area contributed by atoms with E-state index in [-0.39, 0.29) is 24.2 Å². The second-order valence-electron chi connectivity index (χ2n) is 11.0. The summed E-state index contributed by atoms with van der Waals surface area (Å²) in [5.74, 6) is 0.739. The minimum absolute atomic E-state index is 0.0204. The number of pyridine rings is 1. The van der Waals surface area contributed by atoms with Crippen LogP contribution in [-0.2, 0) is 11.2 Å². The molecule has 3 aromatic carbocycles. The molecule has 6 rings (SSSR count). The van der Waals surface area contributed by atoms with Gasteiger partial charge in [0.05, 0.1) is 17.7 Å². The summed E-state index contributed by atoms with van der Waals surface area (Å²) in [5, 5.41) is 7.87. The number of nitrogens with one attached hydrogen (secondary N) is 2. The van der Waals surface area contributed by atoms with Crippen molar-refractivity contribution in [3.8, 4) is 22.9 Å². The highest BCUT2D eigenvalue weighted by Gasteiger charge is 2.23. The Kier molecular flexibility index (Phi) is 8.50. The van der Waals surface area contributed by atoms with Crippen LogP contribution in [0.25, 0.3) is 22.0 Å². The molecular formula is C34H32FN7O3. The number of halogens is 1. The minimum Gasteiger partial charge on any atom is -0.437 e. The number of primary amides is 1. The lowest BCUT2D eigenvalue weighted by atomic mass is 10.0. The Morgan fingerprint density at radius 2 is 1.89 bits per heavy atom. The van der Waals surface area contributed by atoms with E-state index in [1.54, 1.807) is 35.5 Å². The third-order valence-electron chi connectivity index (χ3n) is 7.70. The molecule has 0 spiro atoms. The van der Waals surface area contributed by atoms with Crippen LogP contribution in [0.5, 0.6) is 11.6 Å². The SMILES string of the molecule is Cc1ccc2c(NC(=O)Cc3cccc(F)c3)cccc2c1Oc1ncccc1-c1ccnc(N[C@H]2CCCN(C(N)=O)C2)n1. The van der Waals surface area contributed by atoms with Crippen molar-refractivity contribution in [3.63, 3.8) is 0 Å². The number of anilines is 2. The van der Waals surface area contributed by atoms with Gasteiger partial charge in [-0.15, -0.1) is 0 Å². The summed E-state index contributed by atoms with van der Waals surface area (Å²) in [5.41, 5.74) is 8.85. The molecule has 0 saturated carbocycles. The second-order valence-corrected chi connectivity index (χ2v) is 11.0. The first kappa shape index (κ1) is 29.5. The molecule has 1 atom stereocenters. The van der Waals surface area contributed by atoms with Crippen LogP contribution in [0.1, 0.15) is 24.0 Å². The Balaban J connectivity index is 1.26. The Bertz CT molecular complexity index is 1880. The first-order valence-electron chi connectivity index (χ1n) is 14.7. The first-order valence-corrected chi connectivity index (χ1v) is 14.7. The van der Waals surface area contributed by atoms with Gasteiger partial charge in [0, 0.05) is 48.0 Å². The molecule has 5 aromatic rings. The van der Waals surface area contributed by atoms with E-state index in [0.29, 0.717) is 53.2 Å². The number of fused-ring (bicyclic) bond motifs is 1. The lowest BCUT2D eigenvalue weighted by Gasteiger charge is -2.31. The lowest BCUT2D eigenvalue weighted by molar-refractivity contribution is -0.115. The number of nitrogens with zero attached hydrogens (tertiary/aromatic N) is 4. The zero-order valence-electron chi connectivity index (χ0n) is 24.7. The second kappa shape index (κ2) is 13.0. The number of benzene rings is 3. The molecule has 1 aliphatic heterocycles. The number of piperidine rings is 1. The van der Waals surface area contributed by atoms with Crippen LogP contribution >= 0.6 is 0 Å². The first-order chi connectivity index (χ1) is 21.8. The summed E-state index contributed by atoms with van der Waals surface area (Å²) in [6.07, 6.45) is 5.06. The van der Waals surface area contributed by atoms with Crippen LogP contribution in [0.4, 0.5) is 20.8 Å². The Hall–Kier alpha value is -5.58. The summed E-state index contributed by atoms with van der Waals surface area (Å²) >= 11 is 0. The van der Waals surface area contributed by atoms with Gasteiger partial charge in [0.25, 0.3) is 0 Å². The molecule has 11 heteroatoms. The van der Waals surface area contributed by atoms with Crippen LogP contribution < -0.4 is 21.1 Å². The van der Waals surface area contributed by atoms with Gasteiger partial charge in [-0.3, -0.25) is 4.79 Å². The number of hydrogen-bond donors (Lipinski definition) is 3. The van der Waals surface area contributed by atoms with Crippen molar-refractivity contribution in [2.24, 2.45) is 5.73 Å². The van der Waals surface area contributed by atoms with Crippen LogP contribution in [0.15, 0.2) is 85.2 Å². The van der Waals surface area contributed by atoms with E-state index < -0.39 is 6.03 Å². The van der Waals surface area contributed by atoms with E-state index in [4.69, 9.17) is 15.5 Å². The van der Waals surface area contributed by atoms with Crippen LogP contribution in [0, 0.1) is 12.7 Å². The van der Waals surface area contributed by atoms with E-state index in [9.17, 15) is 14.0 Å². The molecule has 10 nitrogen and oxygen atoms in total. The number of aryl methyl sites for hydroxylation is 1. The molecule has 4 N–H and O–H groups in total. The van der Waals surface area contributed by atoms with Gasteiger partial charge in [0.1, 0.15) is 11.6 Å². The van der Waals surface area contributed by atoms with E-state index >= 15 is 0 Å². The van der Waals surface area contributed by atoms with Gasteiger partial charge >= 0.3 is 6.03 Å². The van der Waals surface area contributed by atoms with Gasteiger partial charge in [-0.1, -0.05) is 36.4 Å². The topological polar surface area (TPSA) is 135 Å². The van der Waals surface area contributed by atoms with E-state index in [2.05, 4.69) is 20.6 Å². The number of carbonyl (C=O) groups is 2. The summed E-state index contributed by atoms with van der Waals surface area (Å²) < 4.78 is 20.1. The maximum atomic E-state index is 13.6. The molecule has 3 heterocycles. The highest BCUT2D eigenvalue weighted by molar-refractivity contribution is 6.05. The standard InChI is InChI=1S/C34H32FN7O3/c1-21-12-13-25-26(9-3-11-28(25)40-30(43)19-22-6-2-7-23(35)18-22)31(21)45-32-27(10-4-15-37-32)29-14-16-38-34(41-29)39-24-8-5-17-42(20-24)33(36)44/h2-4,6-7,9-16,18,24H,5,8,17,19-20H2,1H3,(H2,36,44)(H,40,43)(H,38,39,41)/t24-/m0/s1. The summed E-state index contributed by atoms with van der Waals surface area (Å²) in [7, 11) is 0. The highest BCUT2D eigenvalue weighted by atomic mass is 19.1. The van der Waals surface area contributed by atoms with Crippen molar-refractivity contribution in [3.05, 3.63) is 102 Å². The quantitative estimate of drug-likeness (QED) is 0.195. The number of ether oxygens (including phenoxy) is 1. The highest BCUT2D eigenvalue weighted by Crippen LogP contribution is 2.38. The van der Waals surface area contributed by atoms with Crippen molar-refractivity contribution in [2.75, 3.05) is 23.7 Å². The number of amides is 3. The Morgan fingerprint density at radius 1 is 1.02 bits per heavy atom. The fourth-order valence-electron chi connectivity index (χ4n) is 5.53. The number of urea groups is 1. The number of aromatic nitrogens is 3. The van der Waals surface area contributed by atoms with Gasteiger partial charge in [0.15, 0.2) is 0 Å². The van der Waals surface area contributed by atoms with Crippen molar-refractivity contribution >= 4 is 34.3 Å². The van der Waals surface area contributed by atoms with Crippen LogP contribution in [-0.4, -0.2) is 50.9 Å². The van der Waals surface area contributed by atoms with Gasteiger partial charge in [-0.2, -0.15) is 0 Å². The fraction of sp³-hybridized carbons (Fsp3) is 0.206. The summed E-state index contributed by atoms with van der Waals surface area (Å²) in [6, 6.07) is 20.5. The van der Waals surface area contributed by atoms with Crippen molar-refractivity contribution < 1.29 is 18.7 Å². The van der Waals surface area contributed by atoms with Gasteiger partial charge in [0.2, 0.25) is 17.7 Å². The van der Waals surface area contributed by atoms with E-state index in [0.717, 1.165) is 29.2 Å². The maximum absolute atomic E-state index is 13.6. The molecule has 0 bridgehead atoms. The summed E-state index contributed by atoms with van der Waals surface area (Å²) in [4.78, 5) is 39.8. The predicted molar refractivity (Wildman–Crippen MR) is 171 cm³/mol.